The summed E-state index contributed by atoms with van der Waals surface area (Å²) in [5.41, 5.74) is 5.94. The number of rotatable bonds is 18. The van der Waals surface area contributed by atoms with Crippen LogP contribution in [0.2, 0.25) is 0 Å². The number of likely N-dealkylation sites (N-methyl/N-ethyl adjacent to an activating group) is 1. The van der Waals surface area contributed by atoms with Crippen LogP contribution in [0.5, 0.6) is 23.0 Å². The van der Waals surface area contributed by atoms with E-state index in [2.05, 4.69) is 62.1 Å². The van der Waals surface area contributed by atoms with E-state index in [1.54, 1.807) is 66.4 Å². The van der Waals surface area contributed by atoms with Gasteiger partial charge in [-0.1, -0.05) is 38.1 Å². The normalized spacial score (nSPS) is 19.2. The van der Waals surface area contributed by atoms with E-state index in [4.69, 9.17) is 29.0 Å². The number of carbonyl (C=O) groups is 5. The molecule has 0 aromatic heterocycles. The number of carboxylic acid groups (broad SMARTS) is 1. The Kier molecular flexibility index (Phi) is 15.4. The van der Waals surface area contributed by atoms with Crippen LogP contribution in [-0.2, 0) is 9.59 Å². The Morgan fingerprint density at radius 3 is 1.90 bits per heavy atom. The second kappa shape index (κ2) is 22.0. The molecule has 4 atom stereocenters. The van der Waals surface area contributed by atoms with Crippen LogP contribution in [0.3, 0.4) is 0 Å². The molecule has 0 saturated carbocycles. The minimum atomic E-state index is -1.33. The Hall–Kier alpha value is -7.67. The van der Waals surface area contributed by atoms with Crippen LogP contribution in [0.15, 0.2) is 88.6 Å². The van der Waals surface area contributed by atoms with Gasteiger partial charge in [0.2, 0.25) is 11.8 Å². The molecule has 5 heterocycles. The minimum Gasteiger partial charge on any atom is -0.493 e. The lowest BCUT2D eigenvalue weighted by Gasteiger charge is -2.34. The predicted octanol–water partition coefficient (Wildman–Crippen LogP) is 5.56. The van der Waals surface area contributed by atoms with Gasteiger partial charge in [0.1, 0.15) is 12.1 Å². The van der Waals surface area contributed by atoms with Crippen LogP contribution in [0.4, 0.5) is 21.9 Å². The Bertz CT molecular complexity index is 2690. The smallest absolute Gasteiger partial charge is 0.405 e. The van der Waals surface area contributed by atoms with E-state index in [0.29, 0.717) is 64.8 Å². The van der Waals surface area contributed by atoms with Crippen LogP contribution in [0.25, 0.3) is 5.57 Å². The summed E-state index contributed by atoms with van der Waals surface area (Å²) in [6.07, 6.45) is 11.1. The number of allylic oxidation sites excluding steroid dienone is 1. The number of nitrogens with zero attached hydrogens (tertiary/aromatic N) is 6. The molecular formula is C52H61N9O10. The molecule has 0 radical (unpaired) electrons. The van der Waals surface area contributed by atoms with Crippen molar-refractivity contribution in [3.8, 4) is 23.0 Å². The van der Waals surface area contributed by atoms with Crippen LogP contribution in [0, 0.1) is 5.92 Å². The van der Waals surface area contributed by atoms with Gasteiger partial charge in [0.05, 0.1) is 62.0 Å². The fraction of sp³-hybridized carbons (Fsp3) is 0.404. The van der Waals surface area contributed by atoms with Gasteiger partial charge in [0.25, 0.3) is 11.8 Å². The van der Waals surface area contributed by atoms with E-state index in [9.17, 15) is 24.0 Å². The molecule has 0 spiro atoms. The van der Waals surface area contributed by atoms with Crippen molar-refractivity contribution in [1.29, 1.82) is 0 Å². The Morgan fingerprint density at radius 2 is 1.34 bits per heavy atom. The average Bonchev–Trinajstić information content (AvgIpc) is 3.93. The topological polar surface area (TPSA) is 216 Å². The van der Waals surface area contributed by atoms with Crippen molar-refractivity contribution >= 4 is 64.8 Å². The second-order valence-electron chi connectivity index (χ2n) is 18.4. The molecule has 0 unspecified atom stereocenters. The number of aliphatic imine (C=N–C) groups is 2. The lowest BCUT2D eigenvalue weighted by atomic mass is 10.0. The SMILES string of the molecule is COc1cc2c(cc1OCCCOc1cc3c(cc1OC)C(=O)N1C=C(c4ccc(N5CCN(C)CC5)cc4)C[C@H]1C=N3)N=C[C@@H]1CC(C=CCNC(=O)[C@H](C)NC(=O)[C@H](NC(=O)O)C(C)C)=CN1C2=O. The molecule has 1 saturated heterocycles. The molecule has 19 heteroatoms. The first-order valence-corrected chi connectivity index (χ1v) is 23.8. The molecule has 8 rings (SSSR count). The van der Waals surface area contributed by atoms with Gasteiger partial charge in [-0.3, -0.25) is 29.2 Å². The number of ether oxygens (including phenoxy) is 4. The number of carbonyl (C=O) groups excluding carboxylic acids is 4. The van der Waals surface area contributed by atoms with E-state index in [1.807, 2.05) is 18.5 Å². The molecule has 5 amide bonds. The standard InChI is InChI=1S/C52H61N9O10/c1-31(2)47(57-52(66)67)49(63)56-32(3)48(62)53-14-7-9-33-21-37-27-54-41-25-45(43(68-5)23-39(41)50(64)60(37)29-33)70-19-8-20-71-46-26-42-40(24-44(46)69-6)51(65)61-30-35(22-38(61)28-55-42)34-10-12-36(13-11-34)59-17-15-58(4)16-18-59/h7,9-13,23-32,37-38,47,57H,8,14-22H2,1-6H3,(H,53,62)(H,56,63)(H,66,67)/t32-,37-,38-,47+/m0/s1. The van der Waals surface area contributed by atoms with Gasteiger partial charge in [-0.05, 0) is 67.3 Å². The number of piperazine rings is 1. The third-order valence-electron chi connectivity index (χ3n) is 13.1. The van der Waals surface area contributed by atoms with E-state index < -0.39 is 30.0 Å². The molecule has 19 nitrogen and oxygen atoms in total. The zero-order chi connectivity index (χ0) is 50.3. The van der Waals surface area contributed by atoms with Crippen molar-refractivity contribution in [3.63, 3.8) is 0 Å². The monoisotopic (exact) mass is 971 g/mol. The molecule has 1 fully saturated rings. The van der Waals surface area contributed by atoms with Crippen LogP contribution in [0.1, 0.15) is 66.3 Å². The number of nitrogens with one attached hydrogen (secondary N) is 3. The van der Waals surface area contributed by atoms with Gasteiger partial charge >= 0.3 is 6.09 Å². The maximum atomic E-state index is 14.0. The summed E-state index contributed by atoms with van der Waals surface area (Å²) < 4.78 is 23.6. The van der Waals surface area contributed by atoms with Crippen molar-refractivity contribution in [1.82, 2.24) is 30.7 Å². The number of amides is 5. The molecule has 3 aromatic carbocycles. The Balaban J connectivity index is 0.823. The minimum absolute atomic E-state index is 0.158. The van der Waals surface area contributed by atoms with Gasteiger partial charge in [-0.25, -0.2) is 4.79 Å². The largest absolute Gasteiger partial charge is 0.493 e. The summed E-state index contributed by atoms with van der Waals surface area (Å²) in [4.78, 5) is 81.7. The van der Waals surface area contributed by atoms with Crippen molar-refractivity contribution < 1.29 is 48.0 Å². The Labute approximate surface area is 412 Å². The first kappa shape index (κ1) is 49.7. The molecule has 71 heavy (non-hydrogen) atoms. The molecule has 5 aliphatic heterocycles. The highest BCUT2D eigenvalue weighted by Crippen LogP contribution is 2.41. The van der Waals surface area contributed by atoms with E-state index >= 15 is 0 Å². The fourth-order valence-corrected chi connectivity index (χ4v) is 9.02. The zero-order valence-electron chi connectivity index (χ0n) is 40.8. The lowest BCUT2D eigenvalue weighted by molar-refractivity contribution is -0.130. The molecule has 4 N–H and O–H groups in total. The third kappa shape index (κ3) is 11.4. The molecule has 3 aromatic rings. The second-order valence-corrected chi connectivity index (χ2v) is 18.4. The summed E-state index contributed by atoms with van der Waals surface area (Å²) in [5.74, 6) is -0.124. The first-order chi connectivity index (χ1) is 34.2. The van der Waals surface area contributed by atoms with E-state index in [0.717, 1.165) is 42.9 Å². The average molecular weight is 972 g/mol. The van der Waals surface area contributed by atoms with Crippen LogP contribution < -0.4 is 39.8 Å². The zero-order valence-corrected chi connectivity index (χ0v) is 40.8. The number of methoxy groups -OCH3 is 2. The maximum absolute atomic E-state index is 14.0. The number of anilines is 1. The Morgan fingerprint density at radius 1 is 0.761 bits per heavy atom. The van der Waals surface area contributed by atoms with Gasteiger partial charge in [0.15, 0.2) is 23.0 Å². The highest BCUT2D eigenvalue weighted by atomic mass is 16.5. The molecule has 374 valence electrons. The van der Waals surface area contributed by atoms with Crippen LogP contribution >= 0.6 is 0 Å². The highest BCUT2D eigenvalue weighted by molar-refractivity contribution is 6.06. The van der Waals surface area contributed by atoms with Gasteiger partial charge < -0.3 is 59.6 Å². The molecule has 0 bridgehead atoms. The van der Waals surface area contributed by atoms with E-state index in [1.165, 1.54) is 26.8 Å². The number of benzene rings is 3. The summed E-state index contributed by atoms with van der Waals surface area (Å²) >= 11 is 0. The van der Waals surface area contributed by atoms with Crippen molar-refractivity contribution in [2.75, 3.05) is 72.1 Å². The first-order valence-electron chi connectivity index (χ1n) is 23.8. The number of hydrogen-bond acceptors (Lipinski definition) is 13. The van der Waals surface area contributed by atoms with Crippen LogP contribution in [-0.4, -0.2) is 153 Å². The number of hydrogen-bond donors (Lipinski definition) is 4. The lowest BCUT2D eigenvalue weighted by Crippen LogP contribution is -2.54. The summed E-state index contributed by atoms with van der Waals surface area (Å²) in [6.45, 7) is 9.68. The van der Waals surface area contributed by atoms with Crippen molar-refractivity contribution in [2.45, 2.75) is 64.2 Å². The maximum Gasteiger partial charge on any atom is 0.405 e. The molecule has 5 aliphatic rings. The van der Waals surface area contributed by atoms with Gasteiger partial charge in [0, 0.05) is 88.2 Å². The van der Waals surface area contributed by atoms with Crippen molar-refractivity contribution in [2.24, 2.45) is 15.9 Å². The van der Waals surface area contributed by atoms with Gasteiger partial charge in [-0.15, -0.1) is 0 Å². The summed E-state index contributed by atoms with van der Waals surface area (Å²) in [7, 11) is 5.19. The van der Waals surface area contributed by atoms with E-state index in [-0.39, 0.29) is 49.6 Å². The van der Waals surface area contributed by atoms with Gasteiger partial charge in [-0.2, -0.15) is 0 Å². The highest BCUT2D eigenvalue weighted by Gasteiger charge is 2.35. The molecule has 0 aliphatic carbocycles. The number of fused-ring (bicyclic) bond motifs is 4. The van der Waals surface area contributed by atoms with Crippen molar-refractivity contribution in [3.05, 3.63) is 95.3 Å². The quantitative estimate of drug-likeness (QED) is 0.115. The fourth-order valence-electron chi connectivity index (χ4n) is 9.02. The summed E-state index contributed by atoms with van der Waals surface area (Å²) in [5, 5.41) is 16.5. The summed E-state index contributed by atoms with van der Waals surface area (Å²) in [6, 6.07) is 12.9. The third-order valence-corrected chi connectivity index (χ3v) is 13.1. The predicted molar refractivity (Wildman–Crippen MR) is 269 cm³/mol. The molecular weight excluding hydrogens is 911 g/mol.